The molecule has 0 amide bonds. The van der Waals surface area contributed by atoms with Crippen molar-refractivity contribution in [3.8, 4) is 0 Å². The molecule has 1 N–H and O–H groups in total. The van der Waals surface area contributed by atoms with Crippen molar-refractivity contribution in [2.75, 3.05) is 0 Å². The maximum absolute atomic E-state index is 10.9. The van der Waals surface area contributed by atoms with Crippen LogP contribution in [-0.4, -0.2) is 29.1 Å². The third-order valence-corrected chi connectivity index (χ3v) is 3.60. The van der Waals surface area contributed by atoms with Gasteiger partial charge in [0.05, 0.1) is 12.0 Å². The highest BCUT2D eigenvalue weighted by molar-refractivity contribution is 5.83. The molecule has 2 saturated carbocycles. The van der Waals surface area contributed by atoms with E-state index in [1.807, 2.05) is 0 Å². The van der Waals surface area contributed by atoms with Crippen molar-refractivity contribution in [2.45, 2.75) is 44.2 Å². The highest BCUT2D eigenvalue weighted by Crippen LogP contribution is 2.39. The summed E-state index contributed by atoms with van der Waals surface area (Å²) in [5.74, 6) is 0.579. The first-order valence-corrected chi connectivity index (χ1v) is 5.71. The summed E-state index contributed by atoms with van der Waals surface area (Å²) in [5.41, 5.74) is 0. The monoisotopic (exact) mass is 209 g/mol. The standard InChI is InChI=1S/C11H15NO3/c13-11(14)7-3-4-9-8(5-7)12-10(15-9)6-1-2-6/h6-9H,1-5H2,(H,13,14). The molecular formula is C11H15NO3. The first-order chi connectivity index (χ1) is 7.24. The Morgan fingerprint density at radius 2 is 2.13 bits per heavy atom. The van der Waals surface area contributed by atoms with Crippen LogP contribution >= 0.6 is 0 Å². The molecule has 0 spiro atoms. The minimum atomic E-state index is -0.677. The average Bonchev–Trinajstić information content (AvgIpc) is 2.97. The Balaban J connectivity index is 1.70. The number of ether oxygens (including phenoxy) is 1. The van der Waals surface area contributed by atoms with E-state index >= 15 is 0 Å². The Morgan fingerprint density at radius 3 is 2.80 bits per heavy atom. The first-order valence-electron chi connectivity index (χ1n) is 5.71. The quantitative estimate of drug-likeness (QED) is 0.748. The topological polar surface area (TPSA) is 58.9 Å². The maximum atomic E-state index is 10.9. The largest absolute Gasteiger partial charge is 0.481 e. The SMILES string of the molecule is O=C(O)C1CCC2OC(C3CC3)=NC2C1. The van der Waals surface area contributed by atoms with Crippen LogP contribution in [-0.2, 0) is 9.53 Å². The zero-order valence-corrected chi connectivity index (χ0v) is 8.56. The molecule has 0 radical (unpaired) electrons. The number of hydrogen-bond acceptors (Lipinski definition) is 3. The van der Waals surface area contributed by atoms with Gasteiger partial charge in [0.1, 0.15) is 6.10 Å². The molecule has 1 aliphatic heterocycles. The third-order valence-electron chi connectivity index (χ3n) is 3.60. The van der Waals surface area contributed by atoms with Gasteiger partial charge in [0.15, 0.2) is 5.90 Å². The van der Waals surface area contributed by atoms with E-state index in [9.17, 15) is 4.79 Å². The maximum Gasteiger partial charge on any atom is 0.306 e. The molecule has 4 heteroatoms. The molecule has 2 aliphatic carbocycles. The molecular weight excluding hydrogens is 194 g/mol. The second-order valence-corrected chi connectivity index (χ2v) is 4.81. The number of nitrogens with zero attached hydrogens (tertiary/aromatic N) is 1. The molecule has 82 valence electrons. The van der Waals surface area contributed by atoms with Gasteiger partial charge >= 0.3 is 5.97 Å². The van der Waals surface area contributed by atoms with Crippen LogP contribution in [0.2, 0.25) is 0 Å². The van der Waals surface area contributed by atoms with Gasteiger partial charge in [-0.05, 0) is 32.1 Å². The number of fused-ring (bicyclic) bond motifs is 1. The summed E-state index contributed by atoms with van der Waals surface area (Å²) >= 11 is 0. The molecule has 4 nitrogen and oxygen atoms in total. The summed E-state index contributed by atoms with van der Waals surface area (Å²) in [6, 6.07) is 0.121. The van der Waals surface area contributed by atoms with E-state index in [2.05, 4.69) is 4.99 Å². The summed E-state index contributed by atoms with van der Waals surface area (Å²) in [4.78, 5) is 15.4. The van der Waals surface area contributed by atoms with Crippen LogP contribution in [0.3, 0.4) is 0 Å². The fourth-order valence-electron chi connectivity index (χ4n) is 2.50. The van der Waals surface area contributed by atoms with Crippen LogP contribution in [0.15, 0.2) is 4.99 Å². The summed E-state index contributed by atoms with van der Waals surface area (Å²) in [6.45, 7) is 0. The van der Waals surface area contributed by atoms with Crippen LogP contribution in [0.4, 0.5) is 0 Å². The third kappa shape index (κ3) is 1.62. The number of aliphatic imine (C=N–C) groups is 1. The molecule has 0 saturated heterocycles. The summed E-state index contributed by atoms with van der Waals surface area (Å²) in [6.07, 6.45) is 4.82. The molecule has 0 bridgehead atoms. The number of carboxylic acids is 1. The molecule has 3 atom stereocenters. The lowest BCUT2D eigenvalue weighted by atomic mass is 9.84. The van der Waals surface area contributed by atoms with Crippen molar-refractivity contribution in [1.29, 1.82) is 0 Å². The van der Waals surface area contributed by atoms with Gasteiger partial charge in [0, 0.05) is 5.92 Å². The van der Waals surface area contributed by atoms with Crippen LogP contribution in [0.5, 0.6) is 0 Å². The molecule has 2 fully saturated rings. The number of carbonyl (C=O) groups is 1. The van der Waals surface area contributed by atoms with Gasteiger partial charge < -0.3 is 9.84 Å². The molecule has 0 aromatic rings. The van der Waals surface area contributed by atoms with E-state index in [-0.39, 0.29) is 18.1 Å². The predicted octanol–water partition coefficient (Wildman–Crippen LogP) is 1.45. The Hall–Kier alpha value is -1.06. The van der Waals surface area contributed by atoms with E-state index in [4.69, 9.17) is 9.84 Å². The van der Waals surface area contributed by atoms with Crippen molar-refractivity contribution in [3.63, 3.8) is 0 Å². The Labute approximate surface area is 88.3 Å². The minimum absolute atomic E-state index is 0.121. The number of hydrogen-bond donors (Lipinski definition) is 1. The second kappa shape index (κ2) is 3.22. The summed E-state index contributed by atoms with van der Waals surface area (Å²) in [5, 5.41) is 8.96. The Kier molecular flexibility index (Phi) is 1.97. The zero-order chi connectivity index (χ0) is 10.4. The Morgan fingerprint density at radius 1 is 1.33 bits per heavy atom. The smallest absolute Gasteiger partial charge is 0.306 e. The molecule has 0 aromatic heterocycles. The van der Waals surface area contributed by atoms with Crippen molar-refractivity contribution >= 4 is 11.9 Å². The fraction of sp³-hybridized carbons (Fsp3) is 0.818. The van der Waals surface area contributed by atoms with Gasteiger partial charge in [-0.2, -0.15) is 0 Å². The van der Waals surface area contributed by atoms with E-state index in [1.165, 1.54) is 12.8 Å². The average molecular weight is 209 g/mol. The van der Waals surface area contributed by atoms with E-state index in [0.717, 1.165) is 18.7 Å². The highest BCUT2D eigenvalue weighted by Gasteiger charge is 2.43. The van der Waals surface area contributed by atoms with E-state index in [1.54, 1.807) is 0 Å². The minimum Gasteiger partial charge on any atom is -0.481 e. The van der Waals surface area contributed by atoms with Crippen LogP contribution in [0.25, 0.3) is 0 Å². The van der Waals surface area contributed by atoms with E-state index < -0.39 is 5.97 Å². The van der Waals surface area contributed by atoms with Crippen LogP contribution in [0.1, 0.15) is 32.1 Å². The van der Waals surface area contributed by atoms with Gasteiger partial charge in [-0.15, -0.1) is 0 Å². The fourth-order valence-corrected chi connectivity index (χ4v) is 2.50. The van der Waals surface area contributed by atoms with Gasteiger partial charge in [-0.25, -0.2) is 4.99 Å². The number of carboxylic acid groups (broad SMARTS) is 1. The first kappa shape index (κ1) is 9.19. The molecule has 3 rings (SSSR count). The molecule has 15 heavy (non-hydrogen) atoms. The van der Waals surface area contributed by atoms with Crippen molar-refractivity contribution in [1.82, 2.24) is 0 Å². The summed E-state index contributed by atoms with van der Waals surface area (Å²) < 4.78 is 5.77. The highest BCUT2D eigenvalue weighted by atomic mass is 16.5. The van der Waals surface area contributed by atoms with Crippen LogP contribution < -0.4 is 0 Å². The zero-order valence-electron chi connectivity index (χ0n) is 8.56. The van der Waals surface area contributed by atoms with Gasteiger partial charge in [-0.1, -0.05) is 0 Å². The van der Waals surface area contributed by atoms with Crippen LogP contribution in [0, 0.1) is 11.8 Å². The lowest BCUT2D eigenvalue weighted by Gasteiger charge is -2.26. The van der Waals surface area contributed by atoms with Crippen molar-refractivity contribution in [3.05, 3.63) is 0 Å². The van der Waals surface area contributed by atoms with Gasteiger partial charge in [-0.3, -0.25) is 4.79 Å². The predicted molar refractivity (Wildman–Crippen MR) is 53.8 cm³/mol. The molecule has 1 heterocycles. The van der Waals surface area contributed by atoms with Gasteiger partial charge in [0.25, 0.3) is 0 Å². The van der Waals surface area contributed by atoms with Crippen molar-refractivity contribution in [2.24, 2.45) is 16.8 Å². The van der Waals surface area contributed by atoms with Gasteiger partial charge in [0.2, 0.25) is 0 Å². The van der Waals surface area contributed by atoms with E-state index in [0.29, 0.717) is 12.3 Å². The lowest BCUT2D eigenvalue weighted by Crippen LogP contribution is -2.33. The summed E-state index contributed by atoms with van der Waals surface area (Å²) in [7, 11) is 0. The Bertz CT molecular complexity index is 322. The normalized spacial score (nSPS) is 39.2. The lowest BCUT2D eigenvalue weighted by molar-refractivity contribution is -0.143. The number of aliphatic carboxylic acids is 1. The van der Waals surface area contributed by atoms with Crippen molar-refractivity contribution < 1.29 is 14.6 Å². The molecule has 3 aliphatic rings. The number of rotatable bonds is 2. The molecule has 3 unspecified atom stereocenters. The molecule has 0 aromatic carbocycles. The second-order valence-electron chi connectivity index (χ2n) is 4.81.